The Hall–Kier alpha value is -2.61. The monoisotopic (exact) mass is 375 g/mol. The highest BCUT2D eigenvalue weighted by atomic mass is 32.1. The van der Waals surface area contributed by atoms with Gasteiger partial charge in [0.25, 0.3) is 5.91 Å². The highest BCUT2D eigenvalue weighted by molar-refractivity contribution is 7.08. The fourth-order valence-corrected chi connectivity index (χ4v) is 3.77. The molecule has 1 aliphatic rings. The quantitative estimate of drug-likeness (QED) is 0.799. The van der Waals surface area contributed by atoms with Crippen molar-refractivity contribution in [2.75, 3.05) is 13.1 Å². The fourth-order valence-electron chi connectivity index (χ4n) is 3.10. The van der Waals surface area contributed by atoms with Crippen LogP contribution in [0.3, 0.4) is 0 Å². The number of nitrogens with one attached hydrogen (secondary N) is 2. The van der Waals surface area contributed by atoms with Gasteiger partial charge in [0, 0.05) is 19.1 Å². The summed E-state index contributed by atoms with van der Waals surface area (Å²) in [5, 5.41) is 9.54. The number of hydrogen-bond donors (Lipinski definition) is 2. The van der Waals surface area contributed by atoms with E-state index in [9.17, 15) is 14.4 Å². The third-order valence-electron chi connectivity index (χ3n) is 4.26. The minimum atomic E-state index is -0.626. The molecule has 8 heteroatoms. The molecule has 0 radical (unpaired) electrons. The molecule has 2 N–H and O–H groups in total. The van der Waals surface area contributed by atoms with Gasteiger partial charge in [0.05, 0.1) is 12.7 Å². The summed E-state index contributed by atoms with van der Waals surface area (Å²) in [5.41, 5.74) is 0.953. The maximum atomic E-state index is 12.7. The van der Waals surface area contributed by atoms with E-state index in [1.165, 1.54) is 11.2 Å². The first-order valence-corrected chi connectivity index (χ1v) is 9.45. The fraction of sp³-hybridized carbons (Fsp3) is 0.389. The second-order valence-corrected chi connectivity index (χ2v) is 6.93. The van der Waals surface area contributed by atoms with Gasteiger partial charge in [-0.1, -0.05) is 0 Å². The zero-order valence-corrected chi connectivity index (χ0v) is 15.3. The van der Waals surface area contributed by atoms with Gasteiger partial charge < -0.3 is 20.0 Å². The topological polar surface area (TPSA) is 91.7 Å². The van der Waals surface area contributed by atoms with E-state index in [4.69, 9.17) is 4.42 Å². The minimum Gasteiger partial charge on any atom is -0.459 e. The molecule has 7 nitrogen and oxygen atoms in total. The highest BCUT2D eigenvalue weighted by Gasteiger charge is 2.40. The van der Waals surface area contributed by atoms with Crippen molar-refractivity contribution in [3.05, 3.63) is 46.5 Å². The van der Waals surface area contributed by atoms with Crippen molar-refractivity contribution in [3.8, 4) is 0 Å². The van der Waals surface area contributed by atoms with Crippen LogP contribution in [-0.4, -0.2) is 47.8 Å². The molecular weight excluding hydrogens is 354 g/mol. The second-order valence-electron chi connectivity index (χ2n) is 6.15. The summed E-state index contributed by atoms with van der Waals surface area (Å²) in [6.07, 6.45) is 2.09. The van der Waals surface area contributed by atoms with Crippen molar-refractivity contribution in [2.45, 2.75) is 31.8 Å². The van der Waals surface area contributed by atoms with Crippen LogP contribution in [0.4, 0.5) is 0 Å². The van der Waals surface area contributed by atoms with E-state index >= 15 is 0 Å². The summed E-state index contributed by atoms with van der Waals surface area (Å²) in [5.74, 6) is -0.497. The lowest BCUT2D eigenvalue weighted by Gasteiger charge is -2.22. The SMILES string of the molecule is CCNC(=O)C1CC(NC(=O)Cc2ccsc2)CN1C(=O)c1ccco1. The first kappa shape index (κ1) is 18.2. The number of carbonyl (C=O) groups excluding carboxylic acids is 3. The zero-order valence-electron chi connectivity index (χ0n) is 14.4. The normalized spacial score (nSPS) is 19.3. The molecule has 0 aliphatic carbocycles. The van der Waals surface area contributed by atoms with Crippen LogP contribution >= 0.6 is 11.3 Å². The molecule has 2 aromatic heterocycles. The first-order valence-electron chi connectivity index (χ1n) is 8.51. The molecule has 1 saturated heterocycles. The van der Waals surface area contributed by atoms with Crippen molar-refractivity contribution in [3.63, 3.8) is 0 Å². The zero-order chi connectivity index (χ0) is 18.5. The number of likely N-dealkylation sites (N-methyl/N-ethyl adjacent to an activating group) is 1. The number of furan rings is 1. The van der Waals surface area contributed by atoms with Crippen LogP contribution in [0.2, 0.25) is 0 Å². The molecule has 1 aliphatic heterocycles. The van der Waals surface area contributed by atoms with Crippen molar-refractivity contribution >= 4 is 29.1 Å². The summed E-state index contributed by atoms with van der Waals surface area (Å²) in [4.78, 5) is 38.7. The van der Waals surface area contributed by atoms with Crippen LogP contribution in [0.1, 0.15) is 29.5 Å². The van der Waals surface area contributed by atoms with E-state index in [1.54, 1.807) is 23.5 Å². The largest absolute Gasteiger partial charge is 0.459 e. The summed E-state index contributed by atoms with van der Waals surface area (Å²) in [7, 11) is 0. The van der Waals surface area contributed by atoms with E-state index in [0.29, 0.717) is 13.0 Å². The molecule has 2 atom stereocenters. The van der Waals surface area contributed by atoms with E-state index < -0.39 is 6.04 Å². The van der Waals surface area contributed by atoms with Crippen molar-refractivity contribution in [1.29, 1.82) is 0 Å². The van der Waals surface area contributed by atoms with Crippen molar-refractivity contribution < 1.29 is 18.8 Å². The Morgan fingerprint density at radius 3 is 2.85 bits per heavy atom. The molecule has 26 heavy (non-hydrogen) atoms. The van der Waals surface area contributed by atoms with Gasteiger partial charge in [0.2, 0.25) is 11.8 Å². The molecule has 138 valence electrons. The molecule has 1 fully saturated rings. The predicted molar refractivity (Wildman–Crippen MR) is 96.8 cm³/mol. The molecule has 0 spiro atoms. The van der Waals surface area contributed by atoms with E-state index in [2.05, 4.69) is 10.6 Å². The van der Waals surface area contributed by atoms with Crippen LogP contribution in [0.5, 0.6) is 0 Å². The Balaban J connectivity index is 1.68. The van der Waals surface area contributed by atoms with Gasteiger partial charge in [-0.15, -0.1) is 0 Å². The molecule has 0 bridgehead atoms. The van der Waals surface area contributed by atoms with Crippen LogP contribution in [-0.2, 0) is 16.0 Å². The Labute approximate surface area is 155 Å². The first-order chi connectivity index (χ1) is 12.6. The molecule has 0 saturated carbocycles. The highest BCUT2D eigenvalue weighted by Crippen LogP contribution is 2.21. The van der Waals surface area contributed by atoms with Gasteiger partial charge in [0.15, 0.2) is 5.76 Å². The third kappa shape index (κ3) is 4.13. The number of hydrogen-bond acceptors (Lipinski definition) is 5. The second kappa shape index (κ2) is 8.18. The molecule has 2 aromatic rings. The van der Waals surface area contributed by atoms with Gasteiger partial charge in [0.1, 0.15) is 6.04 Å². The van der Waals surface area contributed by atoms with Gasteiger partial charge in [-0.05, 0) is 47.9 Å². The third-order valence-corrected chi connectivity index (χ3v) is 4.99. The Bertz CT molecular complexity index is 758. The van der Waals surface area contributed by atoms with Gasteiger partial charge in [-0.3, -0.25) is 14.4 Å². The summed E-state index contributed by atoms with van der Waals surface area (Å²) >= 11 is 1.54. The average Bonchev–Trinajstić information content (AvgIpc) is 3.36. The standard InChI is InChI=1S/C18H21N3O4S/c1-2-19-17(23)14-9-13(20-16(22)8-12-5-7-26-11-12)10-21(14)18(24)15-4-3-6-25-15/h3-7,11,13-14H,2,8-10H2,1H3,(H,19,23)(H,20,22). The number of carbonyl (C=O) groups is 3. The van der Waals surface area contributed by atoms with Gasteiger partial charge >= 0.3 is 0 Å². The number of amides is 3. The van der Waals surface area contributed by atoms with Crippen LogP contribution in [0, 0.1) is 0 Å². The Morgan fingerprint density at radius 2 is 2.19 bits per heavy atom. The predicted octanol–water partition coefficient (Wildman–Crippen LogP) is 1.42. The summed E-state index contributed by atoms with van der Waals surface area (Å²) in [6, 6.07) is 4.21. The summed E-state index contributed by atoms with van der Waals surface area (Å²) in [6.45, 7) is 2.58. The van der Waals surface area contributed by atoms with Crippen LogP contribution in [0.25, 0.3) is 0 Å². The lowest BCUT2D eigenvalue weighted by atomic mass is 10.1. The molecule has 0 aromatic carbocycles. The lowest BCUT2D eigenvalue weighted by molar-refractivity contribution is -0.125. The molecule has 3 amide bonds. The molecule has 3 rings (SSSR count). The maximum absolute atomic E-state index is 12.7. The van der Waals surface area contributed by atoms with E-state index in [0.717, 1.165) is 5.56 Å². The number of thiophene rings is 1. The van der Waals surface area contributed by atoms with E-state index in [-0.39, 0.29) is 42.5 Å². The number of nitrogens with zero attached hydrogens (tertiary/aromatic N) is 1. The Kier molecular flexibility index (Phi) is 5.72. The lowest BCUT2D eigenvalue weighted by Crippen LogP contribution is -2.45. The average molecular weight is 375 g/mol. The van der Waals surface area contributed by atoms with Crippen LogP contribution in [0.15, 0.2) is 39.6 Å². The number of rotatable bonds is 6. The van der Waals surface area contributed by atoms with Crippen molar-refractivity contribution in [2.24, 2.45) is 0 Å². The maximum Gasteiger partial charge on any atom is 0.290 e. The van der Waals surface area contributed by atoms with E-state index in [1.807, 2.05) is 23.8 Å². The Morgan fingerprint density at radius 1 is 1.35 bits per heavy atom. The summed E-state index contributed by atoms with van der Waals surface area (Å²) < 4.78 is 5.17. The number of likely N-dealkylation sites (tertiary alicyclic amines) is 1. The smallest absolute Gasteiger partial charge is 0.290 e. The van der Waals surface area contributed by atoms with Crippen molar-refractivity contribution in [1.82, 2.24) is 15.5 Å². The van der Waals surface area contributed by atoms with Gasteiger partial charge in [-0.25, -0.2) is 0 Å². The molecule has 3 heterocycles. The van der Waals surface area contributed by atoms with Crippen LogP contribution < -0.4 is 10.6 Å². The molecule has 2 unspecified atom stereocenters. The molecular formula is C18H21N3O4S. The van der Waals surface area contributed by atoms with Gasteiger partial charge in [-0.2, -0.15) is 11.3 Å². The minimum absolute atomic E-state index is 0.115.